The van der Waals surface area contributed by atoms with Gasteiger partial charge in [0.15, 0.2) is 11.6 Å². The van der Waals surface area contributed by atoms with Crippen LogP contribution in [-0.4, -0.2) is 47.6 Å². The van der Waals surface area contributed by atoms with Crippen molar-refractivity contribution in [2.75, 3.05) is 13.7 Å². The van der Waals surface area contributed by atoms with Gasteiger partial charge in [-0.05, 0) is 63.0 Å². The maximum absolute atomic E-state index is 14.1. The maximum Gasteiger partial charge on any atom is 0.322 e. The van der Waals surface area contributed by atoms with Gasteiger partial charge in [-0.25, -0.2) is 4.39 Å². The summed E-state index contributed by atoms with van der Waals surface area (Å²) in [5.74, 6) is -1.01. The number of hydrogen-bond acceptors (Lipinski definition) is 5. The van der Waals surface area contributed by atoms with E-state index < -0.39 is 11.6 Å². The average Bonchev–Trinajstić information content (AvgIpc) is 3.00. The lowest BCUT2D eigenvalue weighted by Gasteiger charge is -2.35. The first-order chi connectivity index (χ1) is 13.3. The molecule has 6 nitrogen and oxygen atoms in total. The van der Waals surface area contributed by atoms with Gasteiger partial charge in [-0.3, -0.25) is 9.59 Å². The summed E-state index contributed by atoms with van der Waals surface area (Å²) in [4.78, 5) is 25.8. The second kappa shape index (κ2) is 8.47. The Balaban J connectivity index is 1.51. The molecule has 1 aromatic rings. The number of halogens is 1. The second-order valence-corrected chi connectivity index (χ2v) is 8.10. The molecule has 1 aliphatic heterocycles. The summed E-state index contributed by atoms with van der Waals surface area (Å²) in [5, 5.41) is 12.8. The lowest BCUT2D eigenvalue weighted by Crippen LogP contribution is -2.45. The molecule has 154 valence electrons. The molecule has 28 heavy (non-hydrogen) atoms. The largest absolute Gasteiger partial charge is 0.505 e. The molecule has 2 atom stereocenters. The Labute approximate surface area is 165 Å². The van der Waals surface area contributed by atoms with Gasteiger partial charge in [-0.2, -0.15) is 0 Å². The first kappa shape index (κ1) is 20.6. The molecule has 7 heteroatoms. The minimum absolute atomic E-state index is 0.0170. The van der Waals surface area contributed by atoms with Crippen molar-refractivity contribution in [3.8, 4) is 5.75 Å². The summed E-state index contributed by atoms with van der Waals surface area (Å²) in [6.45, 7) is 4.92. The van der Waals surface area contributed by atoms with Crippen molar-refractivity contribution in [2.24, 2.45) is 11.8 Å². The number of amides is 1. The van der Waals surface area contributed by atoms with Gasteiger partial charge in [-0.15, -0.1) is 0 Å². The molecule has 3 rings (SSSR count). The highest BCUT2D eigenvalue weighted by Gasteiger charge is 2.34. The quantitative estimate of drug-likeness (QED) is 0.728. The van der Waals surface area contributed by atoms with Gasteiger partial charge in [0.05, 0.1) is 12.7 Å². The van der Waals surface area contributed by atoms with Crippen molar-refractivity contribution < 1.29 is 23.8 Å². The van der Waals surface area contributed by atoms with Crippen molar-refractivity contribution in [3.05, 3.63) is 29.1 Å². The van der Waals surface area contributed by atoms with Crippen molar-refractivity contribution in [3.63, 3.8) is 0 Å². The van der Waals surface area contributed by atoms with Gasteiger partial charge >= 0.3 is 5.97 Å². The van der Waals surface area contributed by atoms with Crippen LogP contribution in [0, 0.1) is 17.7 Å². The van der Waals surface area contributed by atoms with Crippen LogP contribution >= 0.6 is 0 Å². The molecule has 0 radical (unpaired) electrons. The van der Waals surface area contributed by atoms with Gasteiger partial charge in [0, 0.05) is 19.1 Å². The third kappa shape index (κ3) is 4.14. The fraction of sp³-hybridized carbons (Fsp3) is 0.619. The first-order valence-corrected chi connectivity index (χ1v) is 9.95. The van der Waals surface area contributed by atoms with Crippen LogP contribution in [0.5, 0.6) is 5.75 Å². The van der Waals surface area contributed by atoms with Crippen LogP contribution in [0.4, 0.5) is 4.39 Å². The summed E-state index contributed by atoms with van der Waals surface area (Å²) >= 11 is 0. The third-order valence-electron chi connectivity index (χ3n) is 6.21. The van der Waals surface area contributed by atoms with Crippen LogP contribution in [0.25, 0.3) is 0 Å². The van der Waals surface area contributed by atoms with Gasteiger partial charge in [0.2, 0.25) is 0 Å². The van der Waals surface area contributed by atoms with Gasteiger partial charge in [0.1, 0.15) is 6.04 Å². The molecule has 1 aromatic carbocycles. The number of nitrogens with zero attached hydrogens (tertiary/aromatic N) is 1. The van der Waals surface area contributed by atoms with Gasteiger partial charge in [-0.1, -0.05) is 6.07 Å². The molecule has 1 fully saturated rings. The van der Waals surface area contributed by atoms with Crippen molar-refractivity contribution >= 4 is 11.9 Å². The minimum atomic E-state index is -0.812. The average molecular weight is 392 g/mol. The van der Waals surface area contributed by atoms with Crippen LogP contribution in [0.1, 0.15) is 55.5 Å². The Hall–Kier alpha value is -2.15. The highest BCUT2D eigenvalue weighted by Crippen LogP contribution is 2.35. The zero-order valence-electron chi connectivity index (χ0n) is 16.7. The van der Waals surface area contributed by atoms with E-state index in [1.54, 1.807) is 11.0 Å². The number of rotatable bonds is 6. The van der Waals surface area contributed by atoms with E-state index in [0.29, 0.717) is 30.5 Å². The second-order valence-electron chi connectivity index (χ2n) is 8.10. The van der Waals surface area contributed by atoms with Crippen molar-refractivity contribution in [1.29, 1.82) is 0 Å². The fourth-order valence-electron chi connectivity index (χ4n) is 4.51. The smallest absolute Gasteiger partial charge is 0.322 e. The van der Waals surface area contributed by atoms with E-state index in [-0.39, 0.29) is 29.5 Å². The first-order valence-electron chi connectivity index (χ1n) is 9.95. The summed E-state index contributed by atoms with van der Waals surface area (Å²) in [6.07, 6.45) is 4.04. The van der Waals surface area contributed by atoms with Gasteiger partial charge < -0.3 is 20.1 Å². The molecular weight excluding hydrogens is 363 g/mol. The fourth-order valence-corrected chi connectivity index (χ4v) is 4.51. The van der Waals surface area contributed by atoms with E-state index >= 15 is 0 Å². The predicted molar refractivity (Wildman–Crippen MR) is 102 cm³/mol. The van der Waals surface area contributed by atoms with E-state index in [0.717, 1.165) is 25.7 Å². The molecule has 1 aliphatic carbocycles. The monoisotopic (exact) mass is 392 g/mol. The third-order valence-corrected chi connectivity index (χ3v) is 6.21. The SMILES string of the molecule is COC(=O)[C@@H](C)NC(C)C1CCC(CN2Cc3ccc(O)c(F)c3C2=O)CC1. The van der Waals surface area contributed by atoms with E-state index in [1.807, 2.05) is 6.92 Å². The summed E-state index contributed by atoms with van der Waals surface area (Å²) < 4.78 is 18.9. The molecule has 0 saturated heterocycles. The van der Waals surface area contributed by atoms with E-state index in [2.05, 4.69) is 12.2 Å². The zero-order valence-corrected chi connectivity index (χ0v) is 16.7. The lowest BCUT2D eigenvalue weighted by atomic mass is 9.78. The Morgan fingerprint density at radius 3 is 2.64 bits per heavy atom. The van der Waals surface area contributed by atoms with Crippen LogP contribution in [-0.2, 0) is 16.1 Å². The van der Waals surface area contributed by atoms with Crippen LogP contribution in [0.15, 0.2) is 12.1 Å². The number of benzene rings is 1. The van der Waals surface area contributed by atoms with E-state index in [9.17, 15) is 19.1 Å². The van der Waals surface area contributed by atoms with Crippen LogP contribution in [0.2, 0.25) is 0 Å². The molecule has 2 aliphatic rings. The molecule has 0 bridgehead atoms. The Morgan fingerprint density at radius 2 is 2.00 bits per heavy atom. The van der Waals surface area contributed by atoms with Crippen LogP contribution in [0.3, 0.4) is 0 Å². The zero-order chi connectivity index (χ0) is 20.4. The highest BCUT2D eigenvalue weighted by atomic mass is 19.1. The van der Waals surface area contributed by atoms with Crippen LogP contribution < -0.4 is 5.32 Å². The molecule has 0 aromatic heterocycles. The highest BCUT2D eigenvalue weighted by molar-refractivity contribution is 5.99. The van der Waals surface area contributed by atoms with Crippen molar-refractivity contribution in [2.45, 2.75) is 58.2 Å². The molecule has 2 N–H and O–H groups in total. The summed E-state index contributed by atoms with van der Waals surface area (Å²) in [5.41, 5.74) is 0.659. The summed E-state index contributed by atoms with van der Waals surface area (Å²) in [6, 6.07) is 2.81. The molecule has 1 unspecified atom stereocenters. The van der Waals surface area contributed by atoms with E-state index in [4.69, 9.17) is 4.74 Å². The lowest BCUT2D eigenvalue weighted by molar-refractivity contribution is -0.142. The molecule has 1 heterocycles. The summed E-state index contributed by atoms with van der Waals surface area (Å²) in [7, 11) is 1.39. The molecule has 1 saturated carbocycles. The number of aromatic hydroxyl groups is 1. The number of phenols is 1. The minimum Gasteiger partial charge on any atom is -0.505 e. The number of methoxy groups -OCH3 is 1. The number of carbonyl (C=O) groups is 2. The van der Waals surface area contributed by atoms with Crippen molar-refractivity contribution in [1.82, 2.24) is 10.2 Å². The number of fused-ring (bicyclic) bond motifs is 1. The Morgan fingerprint density at radius 1 is 1.32 bits per heavy atom. The number of phenolic OH excluding ortho intramolecular Hbond substituents is 1. The molecular formula is C21H29FN2O4. The number of carbonyl (C=O) groups excluding carboxylic acids is 2. The van der Waals surface area contributed by atoms with Gasteiger partial charge in [0.25, 0.3) is 5.91 Å². The molecule has 1 amide bonds. The number of ether oxygens (including phenoxy) is 1. The van der Waals surface area contributed by atoms with E-state index in [1.165, 1.54) is 13.2 Å². The normalized spacial score (nSPS) is 24.0. The maximum atomic E-state index is 14.1. The standard InChI is InChI=1S/C21H29FN2O4/c1-12(23-13(2)21(27)28-3)15-6-4-14(5-7-15)10-24-11-16-8-9-17(25)19(22)18(16)20(24)26/h8-9,12-15,23,25H,4-7,10-11H2,1-3H3/t12?,13-,14?,15?/m1/s1. The Bertz CT molecular complexity index is 746. The number of hydrogen-bond donors (Lipinski definition) is 2. The molecule has 0 spiro atoms. The topological polar surface area (TPSA) is 78.9 Å². The number of nitrogens with one attached hydrogen (secondary N) is 1. The number of esters is 1. The Kier molecular flexibility index (Phi) is 6.23. The predicted octanol–water partition coefficient (Wildman–Crippen LogP) is 2.83.